The summed E-state index contributed by atoms with van der Waals surface area (Å²) < 4.78 is 0. The lowest BCUT2D eigenvalue weighted by molar-refractivity contribution is -0.120. The number of hydrogen-bond acceptors (Lipinski definition) is 2. The van der Waals surface area contributed by atoms with Gasteiger partial charge in [0.1, 0.15) is 0 Å². The molecule has 0 aliphatic carbocycles. The van der Waals surface area contributed by atoms with E-state index in [1.54, 1.807) is 0 Å². The van der Waals surface area contributed by atoms with Crippen molar-refractivity contribution in [3.8, 4) is 0 Å². The average Bonchev–Trinajstić information content (AvgIpc) is 2.59. The molecule has 3 amide bonds. The maximum atomic E-state index is 12.0. The zero-order valence-corrected chi connectivity index (χ0v) is 14.0. The van der Waals surface area contributed by atoms with Gasteiger partial charge in [-0.1, -0.05) is 54.6 Å². The first-order valence-corrected chi connectivity index (χ1v) is 7.97. The third kappa shape index (κ3) is 5.43. The molecule has 0 fully saturated rings. The molecule has 2 rings (SSSR count). The van der Waals surface area contributed by atoms with Crippen molar-refractivity contribution in [1.82, 2.24) is 16.0 Å². The maximum Gasteiger partial charge on any atom is 0.315 e. The minimum Gasteiger partial charge on any atom is -0.348 e. The van der Waals surface area contributed by atoms with Crippen LogP contribution in [0.2, 0.25) is 0 Å². The third-order valence-corrected chi connectivity index (χ3v) is 3.74. The minimum atomic E-state index is -0.363. The van der Waals surface area contributed by atoms with Gasteiger partial charge in [0.25, 0.3) is 0 Å². The molecule has 2 aromatic carbocycles. The number of carbonyl (C=O) groups excluding carboxylic acids is 2. The largest absolute Gasteiger partial charge is 0.348 e. The van der Waals surface area contributed by atoms with Crippen molar-refractivity contribution in [2.75, 3.05) is 6.54 Å². The van der Waals surface area contributed by atoms with Gasteiger partial charge in [-0.15, -0.1) is 0 Å². The highest BCUT2D eigenvalue weighted by atomic mass is 16.2. The van der Waals surface area contributed by atoms with E-state index >= 15 is 0 Å². The molecule has 0 saturated heterocycles. The van der Waals surface area contributed by atoms with Crippen molar-refractivity contribution in [3.05, 3.63) is 71.3 Å². The molecule has 1 atom stereocenters. The molecule has 5 nitrogen and oxygen atoms in total. The first-order chi connectivity index (χ1) is 11.6. The molecule has 2 aromatic rings. The number of nitrogens with one attached hydrogen (secondary N) is 3. The van der Waals surface area contributed by atoms with Gasteiger partial charge in [0, 0.05) is 6.54 Å². The zero-order chi connectivity index (χ0) is 17.4. The smallest absolute Gasteiger partial charge is 0.315 e. The van der Waals surface area contributed by atoms with Crippen LogP contribution in [-0.4, -0.2) is 18.5 Å². The Balaban J connectivity index is 1.72. The van der Waals surface area contributed by atoms with Crippen molar-refractivity contribution < 1.29 is 9.59 Å². The van der Waals surface area contributed by atoms with E-state index in [0.717, 1.165) is 16.7 Å². The van der Waals surface area contributed by atoms with Crippen molar-refractivity contribution in [3.63, 3.8) is 0 Å². The van der Waals surface area contributed by atoms with E-state index in [-0.39, 0.29) is 24.5 Å². The van der Waals surface area contributed by atoms with Crippen LogP contribution < -0.4 is 16.0 Å². The van der Waals surface area contributed by atoms with Gasteiger partial charge in [-0.2, -0.15) is 0 Å². The summed E-state index contributed by atoms with van der Waals surface area (Å²) in [6.07, 6.45) is 0. The van der Waals surface area contributed by atoms with E-state index in [2.05, 4.69) is 16.0 Å². The Hall–Kier alpha value is -2.82. The minimum absolute atomic E-state index is 0.0587. The van der Waals surface area contributed by atoms with Gasteiger partial charge in [0.05, 0.1) is 12.6 Å². The van der Waals surface area contributed by atoms with Crippen LogP contribution in [0.25, 0.3) is 0 Å². The highest BCUT2D eigenvalue weighted by molar-refractivity contribution is 5.84. The SMILES string of the molecule is Cc1ccccc1C(C)NC(=O)CNC(=O)NCc1ccccc1. The van der Waals surface area contributed by atoms with Crippen molar-refractivity contribution >= 4 is 11.9 Å². The van der Waals surface area contributed by atoms with Crippen molar-refractivity contribution in [2.45, 2.75) is 26.4 Å². The number of urea groups is 1. The molecule has 1 unspecified atom stereocenters. The summed E-state index contributed by atoms with van der Waals surface area (Å²) in [4.78, 5) is 23.7. The highest BCUT2D eigenvalue weighted by Crippen LogP contribution is 2.16. The molecule has 0 aliphatic rings. The molecule has 24 heavy (non-hydrogen) atoms. The van der Waals surface area contributed by atoms with Crippen LogP contribution in [-0.2, 0) is 11.3 Å². The fourth-order valence-corrected chi connectivity index (χ4v) is 2.44. The second-order valence-corrected chi connectivity index (χ2v) is 5.67. The van der Waals surface area contributed by atoms with Gasteiger partial charge in [-0.25, -0.2) is 4.79 Å². The number of hydrogen-bond donors (Lipinski definition) is 3. The molecule has 0 aliphatic heterocycles. The summed E-state index contributed by atoms with van der Waals surface area (Å²) in [6.45, 7) is 4.30. The molecule has 0 spiro atoms. The summed E-state index contributed by atoms with van der Waals surface area (Å²) in [5.74, 6) is -0.222. The van der Waals surface area contributed by atoms with Gasteiger partial charge < -0.3 is 16.0 Å². The Kier molecular flexibility index (Phi) is 6.37. The number of rotatable bonds is 6. The average molecular weight is 325 g/mol. The van der Waals surface area contributed by atoms with Crippen LogP contribution in [0.1, 0.15) is 29.7 Å². The molecule has 126 valence electrons. The third-order valence-electron chi connectivity index (χ3n) is 3.74. The van der Waals surface area contributed by atoms with Crippen LogP contribution in [0.15, 0.2) is 54.6 Å². The fourth-order valence-electron chi connectivity index (χ4n) is 2.44. The molecule has 0 saturated carbocycles. The number of benzene rings is 2. The molecule has 0 aromatic heterocycles. The van der Waals surface area contributed by atoms with E-state index in [4.69, 9.17) is 0 Å². The molecular formula is C19H23N3O2. The lowest BCUT2D eigenvalue weighted by Gasteiger charge is -2.17. The summed E-state index contributed by atoms with van der Waals surface area (Å²) in [5.41, 5.74) is 3.20. The van der Waals surface area contributed by atoms with Gasteiger partial charge in [-0.05, 0) is 30.5 Å². The number of carbonyl (C=O) groups is 2. The van der Waals surface area contributed by atoms with Crippen LogP contribution >= 0.6 is 0 Å². The first-order valence-electron chi connectivity index (χ1n) is 7.97. The van der Waals surface area contributed by atoms with E-state index in [1.807, 2.05) is 68.4 Å². The second-order valence-electron chi connectivity index (χ2n) is 5.67. The maximum absolute atomic E-state index is 12.0. The van der Waals surface area contributed by atoms with E-state index in [9.17, 15) is 9.59 Å². The van der Waals surface area contributed by atoms with E-state index < -0.39 is 0 Å². The molecule has 0 heterocycles. The predicted molar refractivity (Wildman–Crippen MR) is 94.4 cm³/mol. The Morgan fingerprint density at radius 3 is 2.33 bits per heavy atom. The van der Waals surface area contributed by atoms with Crippen LogP contribution in [0.4, 0.5) is 4.79 Å². The Labute approximate surface area is 142 Å². The summed E-state index contributed by atoms with van der Waals surface area (Å²) in [6, 6.07) is 17.0. The summed E-state index contributed by atoms with van der Waals surface area (Å²) in [5, 5.41) is 8.17. The van der Waals surface area contributed by atoms with E-state index in [1.165, 1.54) is 0 Å². The fraction of sp³-hybridized carbons (Fsp3) is 0.263. The first kappa shape index (κ1) is 17.5. The van der Waals surface area contributed by atoms with Crippen LogP contribution in [0.5, 0.6) is 0 Å². The number of aryl methyl sites for hydroxylation is 1. The second kappa shape index (κ2) is 8.72. The monoisotopic (exact) mass is 325 g/mol. The van der Waals surface area contributed by atoms with Crippen molar-refractivity contribution in [2.24, 2.45) is 0 Å². The lowest BCUT2D eigenvalue weighted by atomic mass is 10.0. The lowest BCUT2D eigenvalue weighted by Crippen LogP contribution is -2.42. The standard InChI is InChI=1S/C19H23N3O2/c1-14-8-6-7-11-17(14)15(2)22-18(23)13-21-19(24)20-12-16-9-4-3-5-10-16/h3-11,15H,12-13H2,1-2H3,(H,22,23)(H2,20,21,24). The zero-order valence-electron chi connectivity index (χ0n) is 14.0. The molecular weight excluding hydrogens is 302 g/mol. The summed E-state index contributed by atoms with van der Waals surface area (Å²) in [7, 11) is 0. The normalized spacial score (nSPS) is 11.4. The number of amides is 3. The Bertz CT molecular complexity index is 686. The highest BCUT2D eigenvalue weighted by Gasteiger charge is 2.12. The van der Waals surface area contributed by atoms with Crippen LogP contribution in [0, 0.1) is 6.92 Å². The van der Waals surface area contributed by atoms with Gasteiger partial charge in [-0.3, -0.25) is 4.79 Å². The van der Waals surface area contributed by atoms with Crippen molar-refractivity contribution in [1.29, 1.82) is 0 Å². The quantitative estimate of drug-likeness (QED) is 0.764. The Morgan fingerprint density at radius 1 is 0.958 bits per heavy atom. The van der Waals surface area contributed by atoms with E-state index in [0.29, 0.717) is 6.54 Å². The van der Waals surface area contributed by atoms with Gasteiger partial charge in [0.2, 0.25) is 5.91 Å². The topological polar surface area (TPSA) is 70.2 Å². The molecule has 3 N–H and O–H groups in total. The molecule has 0 bridgehead atoms. The predicted octanol–water partition coefficient (Wildman–Crippen LogP) is 2.67. The van der Waals surface area contributed by atoms with Gasteiger partial charge >= 0.3 is 6.03 Å². The summed E-state index contributed by atoms with van der Waals surface area (Å²) >= 11 is 0. The Morgan fingerprint density at radius 2 is 1.62 bits per heavy atom. The van der Waals surface area contributed by atoms with Gasteiger partial charge in [0.15, 0.2) is 0 Å². The molecule has 5 heteroatoms. The van der Waals surface area contributed by atoms with Crippen LogP contribution in [0.3, 0.4) is 0 Å². The molecule has 0 radical (unpaired) electrons.